The van der Waals surface area contributed by atoms with Gasteiger partial charge in [-0.3, -0.25) is 20.0 Å². The second kappa shape index (κ2) is 5.63. The molecule has 1 aliphatic heterocycles. The Kier molecular flexibility index (Phi) is 4.11. The second-order valence-electron chi connectivity index (χ2n) is 5.21. The fourth-order valence-electron chi connectivity index (χ4n) is 2.57. The van der Waals surface area contributed by atoms with Crippen molar-refractivity contribution in [2.45, 2.75) is 33.4 Å². The summed E-state index contributed by atoms with van der Waals surface area (Å²) in [6.07, 6.45) is 1.60. The fraction of sp³-hybridized carbons (Fsp3) is 0.615. The highest BCUT2D eigenvalue weighted by Crippen LogP contribution is 2.24. The van der Waals surface area contributed by atoms with Crippen molar-refractivity contribution in [2.75, 3.05) is 19.6 Å². The number of nitro groups is 1. The minimum atomic E-state index is -0.309. The van der Waals surface area contributed by atoms with Gasteiger partial charge < -0.3 is 5.32 Å². The van der Waals surface area contributed by atoms with Crippen LogP contribution in [0, 0.1) is 24.0 Å². The van der Waals surface area contributed by atoms with Gasteiger partial charge in [0, 0.05) is 49.5 Å². The normalized spacial score (nSPS) is 20.5. The standard InChI is InChI=1S/C13H20N4O2/c1-9-6-15-12(11(3)13(9)17(18)19)8-16-5-4-14-10(2)7-16/h6,10,14H,4-5,7-8H2,1-3H3/t10-/m1/s1. The molecular formula is C13H20N4O2. The molecule has 1 aromatic rings. The van der Waals surface area contributed by atoms with Gasteiger partial charge in [-0.25, -0.2) is 0 Å². The summed E-state index contributed by atoms with van der Waals surface area (Å²) in [7, 11) is 0. The lowest BCUT2D eigenvalue weighted by molar-refractivity contribution is -0.386. The summed E-state index contributed by atoms with van der Waals surface area (Å²) < 4.78 is 0. The number of hydrogen-bond acceptors (Lipinski definition) is 5. The van der Waals surface area contributed by atoms with Crippen molar-refractivity contribution in [1.82, 2.24) is 15.2 Å². The number of nitrogens with one attached hydrogen (secondary N) is 1. The number of aryl methyl sites for hydroxylation is 1. The second-order valence-corrected chi connectivity index (χ2v) is 5.21. The Morgan fingerprint density at radius 1 is 1.58 bits per heavy atom. The molecule has 0 aromatic carbocycles. The zero-order chi connectivity index (χ0) is 14.0. The van der Waals surface area contributed by atoms with E-state index in [0.717, 1.165) is 25.3 Å². The molecule has 1 atom stereocenters. The lowest BCUT2D eigenvalue weighted by Gasteiger charge is -2.31. The van der Waals surface area contributed by atoms with Gasteiger partial charge >= 0.3 is 0 Å². The monoisotopic (exact) mass is 264 g/mol. The van der Waals surface area contributed by atoms with E-state index in [2.05, 4.69) is 22.1 Å². The topological polar surface area (TPSA) is 71.3 Å². The van der Waals surface area contributed by atoms with Crippen molar-refractivity contribution in [1.29, 1.82) is 0 Å². The molecule has 19 heavy (non-hydrogen) atoms. The number of hydrogen-bond donors (Lipinski definition) is 1. The van der Waals surface area contributed by atoms with Crippen LogP contribution in [0.2, 0.25) is 0 Å². The first kappa shape index (κ1) is 13.9. The highest BCUT2D eigenvalue weighted by Gasteiger charge is 2.22. The largest absolute Gasteiger partial charge is 0.312 e. The maximum atomic E-state index is 11.1. The first-order valence-electron chi connectivity index (χ1n) is 6.54. The van der Waals surface area contributed by atoms with Gasteiger partial charge in [-0.2, -0.15) is 0 Å². The number of pyridine rings is 1. The summed E-state index contributed by atoms with van der Waals surface area (Å²) in [5.41, 5.74) is 2.33. The van der Waals surface area contributed by atoms with Gasteiger partial charge in [-0.1, -0.05) is 0 Å². The van der Waals surface area contributed by atoms with Gasteiger partial charge in [0.05, 0.1) is 10.6 Å². The predicted molar refractivity (Wildman–Crippen MR) is 73.1 cm³/mol. The molecule has 1 fully saturated rings. The van der Waals surface area contributed by atoms with Crippen molar-refractivity contribution in [3.8, 4) is 0 Å². The lowest BCUT2D eigenvalue weighted by atomic mass is 10.1. The molecule has 1 aliphatic rings. The van der Waals surface area contributed by atoms with E-state index in [9.17, 15) is 10.1 Å². The van der Waals surface area contributed by atoms with Crippen LogP contribution < -0.4 is 5.32 Å². The van der Waals surface area contributed by atoms with E-state index < -0.39 is 0 Å². The summed E-state index contributed by atoms with van der Waals surface area (Å²) in [5.74, 6) is 0. The number of rotatable bonds is 3. The Labute approximate surface area is 113 Å². The number of aromatic nitrogens is 1. The average Bonchev–Trinajstić information content (AvgIpc) is 2.32. The Balaban J connectivity index is 2.21. The zero-order valence-electron chi connectivity index (χ0n) is 11.6. The van der Waals surface area contributed by atoms with E-state index in [-0.39, 0.29) is 10.6 Å². The molecule has 1 aromatic heterocycles. The maximum absolute atomic E-state index is 11.1. The van der Waals surface area contributed by atoms with E-state index >= 15 is 0 Å². The van der Waals surface area contributed by atoms with E-state index in [1.165, 1.54) is 0 Å². The molecule has 0 bridgehead atoms. The van der Waals surface area contributed by atoms with Gasteiger partial charge in [-0.15, -0.1) is 0 Å². The van der Waals surface area contributed by atoms with Gasteiger partial charge in [0.1, 0.15) is 0 Å². The molecule has 0 radical (unpaired) electrons. The molecule has 0 spiro atoms. The molecule has 1 saturated heterocycles. The summed E-state index contributed by atoms with van der Waals surface area (Å²) in [4.78, 5) is 17.4. The third kappa shape index (κ3) is 3.08. The SMILES string of the molecule is Cc1cnc(CN2CCN[C@H](C)C2)c(C)c1[N+](=O)[O-]. The third-order valence-corrected chi connectivity index (χ3v) is 3.58. The van der Waals surface area contributed by atoms with Gasteiger partial charge in [-0.05, 0) is 20.8 Å². The first-order chi connectivity index (χ1) is 8.99. The van der Waals surface area contributed by atoms with E-state index in [1.807, 2.05) is 0 Å². The highest BCUT2D eigenvalue weighted by atomic mass is 16.6. The van der Waals surface area contributed by atoms with Crippen LogP contribution in [0.1, 0.15) is 23.7 Å². The van der Waals surface area contributed by atoms with Gasteiger partial charge in [0.2, 0.25) is 0 Å². The van der Waals surface area contributed by atoms with Crippen molar-refractivity contribution in [3.63, 3.8) is 0 Å². The Morgan fingerprint density at radius 3 is 2.95 bits per heavy atom. The van der Waals surface area contributed by atoms with Crippen LogP contribution in [-0.2, 0) is 6.54 Å². The van der Waals surface area contributed by atoms with Crippen LogP contribution in [0.4, 0.5) is 5.69 Å². The quantitative estimate of drug-likeness (QED) is 0.660. The molecule has 104 valence electrons. The van der Waals surface area contributed by atoms with Crippen LogP contribution in [0.25, 0.3) is 0 Å². The zero-order valence-corrected chi connectivity index (χ0v) is 11.6. The minimum Gasteiger partial charge on any atom is -0.312 e. The summed E-state index contributed by atoms with van der Waals surface area (Å²) in [6, 6.07) is 0.453. The summed E-state index contributed by atoms with van der Waals surface area (Å²) >= 11 is 0. The molecule has 0 amide bonds. The fourth-order valence-corrected chi connectivity index (χ4v) is 2.57. The Morgan fingerprint density at radius 2 is 2.32 bits per heavy atom. The first-order valence-corrected chi connectivity index (χ1v) is 6.54. The molecule has 6 nitrogen and oxygen atoms in total. The van der Waals surface area contributed by atoms with Crippen LogP contribution in [0.15, 0.2) is 6.20 Å². The van der Waals surface area contributed by atoms with Crippen molar-refractivity contribution >= 4 is 5.69 Å². The molecule has 1 N–H and O–H groups in total. The van der Waals surface area contributed by atoms with Crippen LogP contribution in [0.3, 0.4) is 0 Å². The average molecular weight is 264 g/mol. The van der Waals surface area contributed by atoms with Crippen molar-refractivity contribution in [3.05, 3.63) is 33.1 Å². The number of nitrogens with zero attached hydrogens (tertiary/aromatic N) is 3. The van der Waals surface area contributed by atoms with Crippen LogP contribution in [0.5, 0.6) is 0 Å². The smallest absolute Gasteiger partial charge is 0.278 e. The van der Waals surface area contributed by atoms with Gasteiger partial charge in [0.15, 0.2) is 0 Å². The van der Waals surface area contributed by atoms with E-state index in [0.29, 0.717) is 23.7 Å². The summed E-state index contributed by atoms with van der Waals surface area (Å²) in [6.45, 7) is 9.20. The molecule has 2 rings (SSSR count). The van der Waals surface area contributed by atoms with Crippen molar-refractivity contribution < 1.29 is 4.92 Å². The minimum absolute atomic E-state index is 0.202. The Hall–Kier alpha value is -1.53. The van der Waals surface area contributed by atoms with Gasteiger partial charge in [0.25, 0.3) is 5.69 Å². The molecule has 0 aliphatic carbocycles. The molecule has 0 saturated carbocycles. The third-order valence-electron chi connectivity index (χ3n) is 3.58. The molecule has 0 unspecified atom stereocenters. The molecule has 2 heterocycles. The van der Waals surface area contributed by atoms with E-state index in [1.54, 1.807) is 20.0 Å². The predicted octanol–water partition coefficient (Wildman–Crippen LogP) is 1.40. The Bertz CT molecular complexity index is 490. The van der Waals surface area contributed by atoms with E-state index in [4.69, 9.17) is 0 Å². The van der Waals surface area contributed by atoms with Crippen LogP contribution >= 0.6 is 0 Å². The van der Waals surface area contributed by atoms with Crippen molar-refractivity contribution in [2.24, 2.45) is 0 Å². The van der Waals surface area contributed by atoms with Crippen LogP contribution in [-0.4, -0.2) is 40.5 Å². The lowest BCUT2D eigenvalue weighted by Crippen LogP contribution is -2.48. The maximum Gasteiger partial charge on any atom is 0.278 e. The number of piperazine rings is 1. The molecule has 6 heteroatoms. The summed E-state index contributed by atoms with van der Waals surface area (Å²) in [5, 5.41) is 14.5. The molecular weight excluding hydrogens is 244 g/mol. The highest BCUT2D eigenvalue weighted by molar-refractivity contribution is 5.47.